The maximum Gasteiger partial charge on any atom is 0.341 e. The number of ether oxygens (including phenoxy) is 1. The number of nitrogens with zero attached hydrogens (tertiary/aromatic N) is 1. The van der Waals surface area contributed by atoms with Crippen LogP contribution in [0.5, 0.6) is 5.75 Å². The van der Waals surface area contributed by atoms with Crippen molar-refractivity contribution in [2.75, 3.05) is 7.11 Å². The van der Waals surface area contributed by atoms with E-state index >= 15 is 0 Å². The molecule has 0 aliphatic heterocycles. The number of benzene rings is 1. The second kappa shape index (κ2) is 4.03. The van der Waals surface area contributed by atoms with Gasteiger partial charge in [0, 0.05) is 4.90 Å². The van der Waals surface area contributed by atoms with Gasteiger partial charge in [-0.1, -0.05) is 0 Å². The number of rotatable bonds is 1. The summed E-state index contributed by atoms with van der Waals surface area (Å²) in [7, 11) is 1.19. The average Bonchev–Trinajstić information content (AvgIpc) is 2.20. The Kier molecular flexibility index (Phi) is 2.99. The van der Waals surface area contributed by atoms with Gasteiger partial charge in [0.15, 0.2) is 0 Å². The number of carbonyl (C=O) groups excluding carboxylic acids is 1. The number of methoxy groups -OCH3 is 1. The molecule has 0 saturated heterocycles. The molecule has 72 valence electrons. The first-order valence-corrected chi connectivity index (χ1v) is 4.09. The number of esters is 1. The van der Waals surface area contributed by atoms with Crippen LogP contribution in [-0.2, 0) is 4.74 Å². The van der Waals surface area contributed by atoms with Crippen LogP contribution in [0.3, 0.4) is 0 Å². The molecule has 0 amide bonds. The predicted molar refractivity (Wildman–Crippen MR) is 51.4 cm³/mol. The van der Waals surface area contributed by atoms with Crippen LogP contribution in [0.1, 0.15) is 15.9 Å². The molecule has 0 unspecified atom stereocenters. The first-order valence-electron chi connectivity index (χ1n) is 3.64. The largest absolute Gasteiger partial charge is 0.506 e. The zero-order valence-electron chi connectivity index (χ0n) is 7.31. The van der Waals surface area contributed by atoms with Crippen molar-refractivity contribution in [1.29, 1.82) is 5.26 Å². The lowest BCUT2D eigenvalue weighted by Crippen LogP contribution is -2.02. The SMILES string of the molecule is COC(=O)c1cc(C#N)cc(S)c1O. The molecule has 1 rings (SSSR count). The Labute approximate surface area is 86.1 Å². The highest BCUT2D eigenvalue weighted by atomic mass is 32.1. The third-order valence-electron chi connectivity index (χ3n) is 1.62. The Morgan fingerprint density at radius 2 is 2.29 bits per heavy atom. The zero-order valence-corrected chi connectivity index (χ0v) is 8.21. The van der Waals surface area contributed by atoms with E-state index in [-0.39, 0.29) is 21.8 Å². The summed E-state index contributed by atoms with van der Waals surface area (Å²) >= 11 is 3.92. The molecule has 4 nitrogen and oxygen atoms in total. The van der Waals surface area contributed by atoms with Crippen molar-refractivity contribution >= 4 is 18.6 Å². The Balaban J connectivity index is 3.36. The van der Waals surface area contributed by atoms with Crippen molar-refractivity contribution in [2.45, 2.75) is 4.90 Å². The Hall–Kier alpha value is -1.67. The monoisotopic (exact) mass is 209 g/mol. The van der Waals surface area contributed by atoms with Crippen LogP contribution < -0.4 is 0 Å². The summed E-state index contributed by atoms with van der Waals surface area (Å²) in [5.74, 6) is -0.978. The maximum absolute atomic E-state index is 11.1. The number of nitriles is 1. The Morgan fingerprint density at radius 1 is 1.64 bits per heavy atom. The van der Waals surface area contributed by atoms with Gasteiger partial charge in [0.05, 0.1) is 18.7 Å². The molecule has 0 fully saturated rings. The van der Waals surface area contributed by atoms with E-state index in [9.17, 15) is 9.90 Å². The fourth-order valence-corrected chi connectivity index (χ4v) is 1.21. The van der Waals surface area contributed by atoms with E-state index in [1.807, 2.05) is 6.07 Å². The van der Waals surface area contributed by atoms with E-state index in [2.05, 4.69) is 17.4 Å². The molecule has 1 N–H and O–H groups in total. The van der Waals surface area contributed by atoms with Crippen LogP contribution in [0.25, 0.3) is 0 Å². The minimum Gasteiger partial charge on any atom is -0.506 e. The van der Waals surface area contributed by atoms with Crippen molar-refractivity contribution in [3.8, 4) is 11.8 Å². The fraction of sp³-hybridized carbons (Fsp3) is 0.111. The van der Waals surface area contributed by atoms with Crippen LogP contribution in [-0.4, -0.2) is 18.2 Å². The third-order valence-corrected chi connectivity index (χ3v) is 1.97. The lowest BCUT2D eigenvalue weighted by molar-refractivity contribution is 0.0597. The summed E-state index contributed by atoms with van der Waals surface area (Å²) in [6.45, 7) is 0. The van der Waals surface area contributed by atoms with Gasteiger partial charge in [-0.3, -0.25) is 0 Å². The van der Waals surface area contributed by atoms with Gasteiger partial charge in [0.25, 0.3) is 0 Å². The predicted octanol–water partition coefficient (Wildman–Crippen LogP) is 1.34. The van der Waals surface area contributed by atoms with Gasteiger partial charge in [-0.2, -0.15) is 5.26 Å². The highest BCUT2D eigenvalue weighted by Crippen LogP contribution is 2.27. The highest BCUT2D eigenvalue weighted by Gasteiger charge is 2.15. The van der Waals surface area contributed by atoms with Gasteiger partial charge in [0.1, 0.15) is 11.3 Å². The summed E-state index contributed by atoms with van der Waals surface area (Å²) in [4.78, 5) is 11.3. The number of carbonyl (C=O) groups is 1. The maximum atomic E-state index is 11.1. The summed E-state index contributed by atoms with van der Waals surface area (Å²) in [5.41, 5.74) is 0.185. The van der Waals surface area contributed by atoms with Gasteiger partial charge in [-0.05, 0) is 12.1 Å². The molecule has 0 bridgehead atoms. The molecular formula is C9H7NO3S. The highest BCUT2D eigenvalue weighted by molar-refractivity contribution is 7.80. The van der Waals surface area contributed by atoms with E-state index in [0.717, 1.165) is 0 Å². The van der Waals surface area contributed by atoms with Crippen LogP contribution in [0, 0.1) is 11.3 Å². The van der Waals surface area contributed by atoms with Crippen molar-refractivity contribution < 1.29 is 14.6 Å². The number of aromatic hydroxyl groups is 1. The van der Waals surface area contributed by atoms with Gasteiger partial charge in [0.2, 0.25) is 0 Å². The van der Waals surface area contributed by atoms with Gasteiger partial charge >= 0.3 is 5.97 Å². The Bertz CT molecular complexity index is 423. The minimum absolute atomic E-state index is 0.0587. The molecule has 0 spiro atoms. The number of phenols is 1. The molecule has 0 aliphatic rings. The summed E-state index contributed by atoms with van der Waals surface area (Å²) < 4.78 is 4.43. The molecule has 0 aromatic heterocycles. The van der Waals surface area contributed by atoms with E-state index in [1.54, 1.807) is 0 Å². The number of hydrogen-bond donors (Lipinski definition) is 2. The summed E-state index contributed by atoms with van der Waals surface area (Å²) in [6.07, 6.45) is 0. The third kappa shape index (κ3) is 1.80. The summed E-state index contributed by atoms with van der Waals surface area (Å²) in [5, 5.41) is 18.0. The zero-order chi connectivity index (χ0) is 10.7. The van der Waals surface area contributed by atoms with E-state index in [0.29, 0.717) is 0 Å². The molecule has 0 heterocycles. The van der Waals surface area contributed by atoms with Crippen LogP contribution in [0.4, 0.5) is 0 Å². The molecule has 0 atom stereocenters. The molecule has 0 radical (unpaired) electrons. The van der Waals surface area contributed by atoms with E-state index in [4.69, 9.17) is 5.26 Å². The van der Waals surface area contributed by atoms with Crippen molar-refractivity contribution in [2.24, 2.45) is 0 Å². The van der Waals surface area contributed by atoms with Crippen LogP contribution in [0.2, 0.25) is 0 Å². The molecule has 5 heteroatoms. The first kappa shape index (κ1) is 10.4. The van der Waals surface area contributed by atoms with Gasteiger partial charge in [-0.15, -0.1) is 12.6 Å². The molecule has 0 aliphatic carbocycles. The van der Waals surface area contributed by atoms with Crippen molar-refractivity contribution in [1.82, 2.24) is 0 Å². The number of thiol groups is 1. The van der Waals surface area contributed by atoms with Crippen LogP contribution in [0.15, 0.2) is 17.0 Å². The van der Waals surface area contributed by atoms with E-state index in [1.165, 1.54) is 19.2 Å². The normalized spacial score (nSPS) is 9.21. The summed E-state index contributed by atoms with van der Waals surface area (Å²) in [6, 6.07) is 4.46. The molecule has 14 heavy (non-hydrogen) atoms. The topological polar surface area (TPSA) is 70.3 Å². The average molecular weight is 209 g/mol. The van der Waals surface area contributed by atoms with Gasteiger partial charge < -0.3 is 9.84 Å². The molecule has 0 saturated carbocycles. The number of phenolic OH excluding ortho intramolecular Hbond substituents is 1. The van der Waals surface area contributed by atoms with Gasteiger partial charge in [-0.25, -0.2) is 4.79 Å². The lowest BCUT2D eigenvalue weighted by Gasteiger charge is -2.04. The molecule has 1 aromatic rings. The van der Waals surface area contributed by atoms with Crippen LogP contribution >= 0.6 is 12.6 Å². The second-order valence-electron chi connectivity index (χ2n) is 2.49. The minimum atomic E-state index is -0.699. The smallest absolute Gasteiger partial charge is 0.341 e. The standard InChI is InChI=1S/C9H7NO3S/c1-13-9(12)6-2-5(4-10)3-7(14)8(6)11/h2-3,11,14H,1H3. The number of hydrogen-bond acceptors (Lipinski definition) is 5. The molecular weight excluding hydrogens is 202 g/mol. The molecule has 1 aromatic carbocycles. The quantitative estimate of drug-likeness (QED) is 0.541. The Morgan fingerprint density at radius 3 is 2.79 bits per heavy atom. The first-order chi connectivity index (χ1) is 6.60. The second-order valence-corrected chi connectivity index (χ2v) is 2.98. The van der Waals surface area contributed by atoms with E-state index < -0.39 is 5.97 Å². The fourth-order valence-electron chi connectivity index (χ4n) is 0.949. The van der Waals surface area contributed by atoms with Crippen molar-refractivity contribution in [3.05, 3.63) is 23.3 Å². The lowest BCUT2D eigenvalue weighted by atomic mass is 10.1. The van der Waals surface area contributed by atoms with Crippen molar-refractivity contribution in [3.63, 3.8) is 0 Å².